The third kappa shape index (κ3) is 7.06. The minimum atomic E-state index is -0.912. The topological polar surface area (TPSA) is 98.3 Å². The van der Waals surface area contributed by atoms with Crippen LogP contribution in [0.25, 0.3) is 0 Å². The molecule has 1 saturated carbocycles. The van der Waals surface area contributed by atoms with E-state index in [4.69, 9.17) is 9.57 Å². The molecule has 3 saturated heterocycles. The number of hydrogen-bond donors (Lipinski definition) is 2. The summed E-state index contributed by atoms with van der Waals surface area (Å²) in [6.45, 7) is 11.4. The van der Waals surface area contributed by atoms with E-state index in [1.54, 1.807) is 19.2 Å². The van der Waals surface area contributed by atoms with Crippen molar-refractivity contribution in [3.63, 3.8) is 0 Å². The number of piperazine rings is 1. The van der Waals surface area contributed by atoms with Crippen LogP contribution in [0, 0.1) is 11.6 Å². The number of methoxy groups -OCH3 is 1. The smallest absolute Gasteiger partial charge is 0.247 e. The number of anilines is 5. The van der Waals surface area contributed by atoms with Crippen LogP contribution in [0.5, 0.6) is 5.75 Å². The lowest BCUT2D eigenvalue weighted by Crippen LogP contribution is -2.57. The molecule has 260 valence electrons. The molecule has 4 fully saturated rings. The molecule has 4 heterocycles. The number of carbonyl (C=O) groups excluding carboxylic acids is 1. The van der Waals surface area contributed by atoms with E-state index in [0.29, 0.717) is 53.9 Å². The summed E-state index contributed by atoms with van der Waals surface area (Å²) in [6.07, 6.45) is 7.85. The molecule has 0 radical (unpaired) electrons. The van der Waals surface area contributed by atoms with Crippen LogP contribution in [-0.4, -0.2) is 90.2 Å². The first-order chi connectivity index (χ1) is 23.8. The van der Waals surface area contributed by atoms with Gasteiger partial charge in [0, 0.05) is 75.0 Å². The SMILES string of the molecule is C=CC(=O)Nc1cc(Nc2cc(N3OCCC3c3cccc(F)c3F)ncn2)c(OC)cc1N1CCC(N2CCN(C3CC3)C(C)C2)CC1. The molecule has 1 aromatic heterocycles. The van der Waals surface area contributed by atoms with Crippen LogP contribution in [0.3, 0.4) is 0 Å². The largest absolute Gasteiger partial charge is 0.494 e. The second-order valence-electron chi connectivity index (χ2n) is 13.3. The lowest BCUT2D eigenvalue weighted by atomic mass is 9.99. The zero-order chi connectivity index (χ0) is 34.1. The van der Waals surface area contributed by atoms with Crippen LogP contribution in [0.15, 0.2) is 55.4 Å². The molecular formula is C36H44F2N8O3. The quantitative estimate of drug-likeness (QED) is 0.263. The van der Waals surface area contributed by atoms with Gasteiger partial charge in [0.15, 0.2) is 17.5 Å². The zero-order valence-electron chi connectivity index (χ0n) is 28.1. The van der Waals surface area contributed by atoms with Gasteiger partial charge in [0.05, 0.1) is 36.8 Å². The Morgan fingerprint density at radius 3 is 2.57 bits per heavy atom. The lowest BCUT2D eigenvalue weighted by Gasteiger charge is -2.46. The van der Waals surface area contributed by atoms with Gasteiger partial charge in [-0.1, -0.05) is 18.7 Å². The van der Waals surface area contributed by atoms with Gasteiger partial charge in [-0.3, -0.25) is 19.4 Å². The maximum absolute atomic E-state index is 14.7. The van der Waals surface area contributed by atoms with Gasteiger partial charge in [-0.25, -0.2) is 23.8 Å². The number of rotatable bonds is 10. The average molecular weight is 675 g/mol. The van der Waals surface area contributed by atoms with E-state index in [2.05, 4.69) is 48.8 Å². The first-order valence-corrected chi connectivity index (χ1v) is 17.2. The van der Waals surface area contributed by atoms with Crippen molar-refractivity contribution >= 4 is 34.6 Å². The molecule has 3 aromatic rings. The summed E-state index contributed by atoms with van der Waals surface area (Å²) in [5, 5.41) is 7.77. The van der Waals surface area contributed by atoms with Crippen molar-refractivity contribution < 1.29 is 23.1 Å². The summed E-state index contributed by atoms with van der Waals surface area (Å²) in [6, 6.07) is 10.9. The average Bonchev–Trinajstić information content (AvgIpc) is 3.84. The number of nitrogens with zero attached hydrogens (tertiary/aromatic N) is 6. The molecule has 3 aliphatic heterocycles. The number of hydrogen-bond acceptors (Lipinski definition) is 10. The second kappa shape index (κ2) is 14.3. The molecule has 13 heteroatoms. The van der Waals surface area contributed by atoms with Gasteiger partial charge >= 0.3 is 0 Å². The van der Waals surface area contributed by atoms with Crippen LogP contribution < -0.4 is 25.3 Å². The fraction of sp³-hybridized carbons (Fsp3) is 0.472. The van der Waals surface area contributed by atoms with Crippen molar-refractivity contribution in [3.8, 4) is 5.75 Å². The van der Waals surface area contributed by atoms with Gasteiger partial charge < -0.3 is 20.3 Å². The number of nitrogens with one attached hydrogen (secondary N) is 2. The highest BCUT2D eigenvalue weighted by Crippen LogP contribution is 2.41. The van der Waals surface area contributed by atoms with Gasteiger partial charge in [-0.15, -0.1) is 0 Å². The standard InChI is InChI=1S/C36H44F2N8O3/c1-4-35(47)42-28-18-29(41-33-20-34(40-22-39-33)46-30(12-17-49-46)26-6-5-7-27(37)36(26)38)32(48-3)19-31(28)43-13-10-24(11-14-43)44-15-16-45(23(2)21-44)25-8-9-25/h4-7,18-20,22-25,30H,1,8-17,21H2,2-3H3,(H,42,47)(H,39,40,41). The van der Waals surface area contributed by atoms with Crippen LogP contribution in [0.4, 0.5) is 37.5 Å². The number of amides is 1. The highest BCUT2D eigenvalue weighted by atomic mass is 19.2. The molecule has 2 N–H and O–H groups in total. The Balaban J connectivity index is 1.09. The van der Waals surface area contributed by atoms with Crippen molar-refractivity contribution in [2.24, 2.45) is 0 Å². The molecule has 1 aliphatic carbocycles. The Kier molecular flexibility index (Phi) is 9.66. The Labute approximate surface area is 285 Å². The van der Waals surface area contributed by atoms with Gasteiger partial charge in [-0.05, 0) is 50.8 Å². The molecular weight excluding hydrogens is 630 g/mol. The molecule has 11 nitrogen and oxygen atoms in total. The molecule has 7 rings (SSSR count). The molecule has 1 amide bonds. The van der Waals surface area contributed by atoms with Crippen molar-refractivity contribution in [2.75, 3.05) is 67.0 Å². The highest BCUT2D eigenvalue weighted by molar-refractivity contribution is 6.02. The Hall–Kier alpha value is -4.33. The maximum Gasteiger partial charge on any atom is 0.247 e. The van der Waals surface area contributed by atoms with E-state index in [1.807, 2.05) is 12.1 Å². The van der Waals surface area contributed by atoms with Crippen molar-refractivity contribution in [1.29, 1.82) is 0 Å². The minimum Gasteiger partial charge on any atom is -0.494 e. The van der Waals surface area contributed by atoms with Crippen LogP contribution in [0.1, 0.15) is 50.6 Å². The molecule has 0 spiro atoms. The normalized spacial score (nSPS) is 22.3. The number of aromatic nitrogens is 2. The predicted octanol–water partition coefficient (Wildman–Crippen LogP) is 5.65. The van der Waals surface area contributed by atoms with Gasteiger partial charge in [-0.2, -0.15) is 0 Å². The third-order valence-corrected chi connectivity index (χ3v) is 10.2. The summed E-state index contributed by atoms with van der Waals surface area (Å²) in [7, 11) is 1.60. The first kappa shape index (κ1) is 33.2. The molecule has 2 aromatic carbocycles. The van der Waals surface area contributed by atoms with E-state index in [9.17, 15) is 13.6 Å². The fourth-order valence-corrected chi connectivity index (χ4v) is 7.56. The Morgan fingerprint density at radius 2 is 1.84 bits per heavy atom. The lowest BCUT2D eigenvalue weighted by molar-refractivity contribution is -0.111. The van der Waals surface area contributed by atoms with Crippen LogP contribution >= 0.6 is 0 Å². The molecule has 4 aliphatic rings. The van der Waals surface area contributed by atoms with Crippen molar-refractivity contribution in [1.82, 2.24) is 19.8 Å². The van der Waals surface area contributed by atoms with E-state index in [0.717, 1.165) is 63.4 Å². The summed E-state index contributed by atoms with van der Waals surface area (Å²) < 4.78 is 34.6. The van der Waals surface area contributed by atoms with Crippen molar-refractivity contribution in [3.05, 3.63) is 72.6 Å². The number of piperidine rings is 1. The second-order valence-corrected chi connectivity index (χ2v) is 13.3. The maximum atomic E-state index is 14.7. The first-order valence-electron chi connectivity index (χ1n) is 17.2. The predicted molar refractivity (Wildman–Crippen MR) is 185 cm³/mol. The number of carbonyl (C=O) groups is 1. The zero-order valence-corrected chi connectivity index (χ0v) is 28.1. The molecule has 2 unspecified atom stereocenters. The summed E-state index contributed by atoms with van der Waals surface area (Å²) in [5.41, 5.74) is 2.26. The summed E-state index contributed by atoms with van der Waals surface area (Å²) in [5.74, 6) is -0.768. The van der Waals surface area contributed by atoms with Gasteiger partial charge in [0.1, 0.15) is 17.9 Å². The Bertz CT molecular complexity index is 1680. The number of benzene rings is 2. The molecule has 0 bridgehead atoms. The minimum absolute atomic E-state index is 0.195. The monoisotopic (exact) mass is 674 g/mol. The van der Waals surface area contributed by atoms with E-state index in [-0.39, 0.29) is 11.5 Å². The van der Waals surface area contributed by atoms with E-state index in [1.165, 1.54) is 36.4 Å². The third-order valence-electron chi connectivity index (χ3n) is 10.2. The molecule has 2 atom stereocenters. The van der Waals surface area contributed by atoms with Crippen molar-refractivity contribution in [2.45, 2.75) is 63.2 Å². The fourth-order valence-electron chi connectivity index (χ4n) is 7.56. The molecule has 49 heavy (non-hydrogen) atoms. The number of ether oxygens (including phenoxy) is 1. The van der Waals surface area contributed by atoms with E-state index < -0.39 is 17.7 Å². The number of halogens is 2. The summed E-state index contributed by atoms with van der Waals surface area (Å²) in [4.78, 5) is 34.8. The van der Waals surface area contributed by atoms with Crippen LogP contribution in [0.2, 0.25) is 0 Å². The van der Waals surface area contributed by atoms with E-state index >= 15 is 0 Å². The van der Waals surface area contributed by atoms with Crippen LogP contribution in [-0.2, 0) is 9.63 Å². The Morgan fingerprint density at radius 1 is 1.02 bits per heavy atom. The number of hydroxylamine groups is 1. The van der Waals surface area contributed by atoms with Gasteiger partial charge in [0.2, 0.25) is 5.91 Å². The van der Waals surface area contributed by atoms with Gasteiger partial charge in [0.25, 0.3) is 0 Å². The highest BCUT2D eigenvalue weighted by Gasteiger charge is 2.38. The summed E-state index contributed by atoms with van der Waals surface area (Å²) >= 11 is 0.